The van der Waals surface area contributed by atoms with Crippen LogP contribution in [-0.4, -0.2) is 48.2 Å². The van der Waals surface area contributed by atoms with Gasteiger partial charge in [-0.2, -0.15) is 0 Å². The molecule has 0 atom stereocenters. The number of carbonyl (C=O) groups is 1. The Morgan fingerprint density at radius 1 is 1.20 bits per heavy atom. The van der Waals surface area contributed by atoms with Crippen LogP contribution in [0.3, 0.4) is 0 Å². The van der Waals surface area contributed by atoms with Crippen molar-refractivity contribution >= 4 is 6.03 Å². The van der Waals surface area contributed by atoms with E-state index in [0.717, 1.165) is 26.2 Å². The highest BCUT2D eigenvalue weighted by Crippen LogP contribution is 1.98. The largest absolute Gasteiger partial charge is 0.336 e. The molecule has 0 bridgehead atoms. The second-order valence-electron chi connectivity index (χ2n) is 3.63. The molecule has 15 heavy (non-hydrogen) atoms. The van der Waals surface area contributed by atoms with Crippen LogP contribution in [0.4, 0.5) is 4.79 Å². The summed E-state index contributed by atoms with van der Waals surface area (Å²) in [6.45, 7) is 10.9. The average Bonchev–Trinajstić information content (AvgIpc) is 2.20. The molecule has 0 spiro atoms. The van der Waals surface area contributed by atoms with Gasteiger partial charge < -0.3 is 10.2 Å². The average molecular weight is 216 g/mol. The molecule has 0 unspecified atom stereocenters. The van der Waals surface area contributed by atoms with E-state index in [0.29, 0.717) is 0 Å². The Balaban J connectivity index is 0.000000921. The van der Waals surface area contributed by atoms with Gasteiger partial charge in [-0.05, 0) is 13.8 Å². The van der Waals surface area contributed by atoms with Gasteiger partial charge in [0.25, 0.3) is 0 Å². The summed E-state index contributed by atoms with van der Waals surface area (Å²) >= 11 is 0. The lowest BCUT2D eigenvalue weighted by molar-refractivity contribution is 0.139. The number of carbonyl (C=O) groups excluding carboxylic acids is 1. The van der Waals surface area contributed by atoms with Crippen LogP contribution in [0.2, 0.25) is 0 Å². The first kappa shape index (κ1) is 14.2. The van der Waals surface area contributed by atoms with E-state index in [4.69, 9.17) is 5.84 Å². The number of hydrogen-bond acceptors (Lipinski definition) is 3. The molecule has 0 aromatic carbocycles. The predicted molar refractivity (Wildman–Crippen MR) is 62.3 cm³/mol. The molecular formula is C10H24N4O. The molecule has 90 valence electrons. The molecule has 1 saturated heterocycles. The smallest absolute Gasteiger partial charge is 0.317 e. The molecule has 3 N–H and O–H groups in total. The number of amides is 2. The summed E-state index contributed by atoms with van der Waals surface area (Å²) in [6.07, 6.45) is 0. The van der Waals surface area contributed by atoms with Crippen LogP contribution in [0.15, 0.2) is 0 Å². The van der Waals surface area contributed by atoms with Crippen LogP contribution in [0.25, 0.3) is 0 Å². The van der Waals surface area contributed by atoms with Gasteiger partial charge in [0.05, 0.1) is 0 Å². The number of nitrogens with two attached hydrogens (primary N) is 1. The van der Waals surface area contributed by atoms with Gasteiger partial charge in [0.2, 0.25) is 0 Å². The van der Waals surface area contributed by atoms with Gasteiger partial charge in [-0.1, -0.05) is 13.8 Å². The summed E-state index contributed by atoms with van der Waals surface area (Å²) in [4.78, 5) is 13.3. The fourth-order valence-corrected chi connectivity index (χ4v) is 1.26. The molecule has 0 saturated carbocycles. The van der Waals surface area contributed by atoms with E-state index in [1.807, 2.05) is 27.7 Å². The fraction of sp³-hybridized carbons (Fsp3) is 0.900. The Labute approximate surface area is 92.6 Å². The van der Waals surface area contributed by atoms with E-state index < -0.39 is 0 Å². The molecule has 1 rings (SSSR count). The van der Waals surface area contributed by atoms with Gasteiger partial charge in [-0.15, -0.1) is 0 Å². The Morgan fingerprint density at radius 2 is 1.67 bits per heavy atom. The van der Waals surface area contributed by atoms with Crippen LogP contribution in [0, 0.1) is 0 Å². The summed E-state index contributed by atoms with van der Waals surface area (Å²) in [5, 5.41) is 4.59. The predicted octanol–water partition coefficient (Wildman–Crippen LogP) is 0.622. The van der Waals surface area contributed by atoms with Gasteiger partial charge in [0.1, 0.15) is 0 Å². The van der Waals surface area contributed by atoms with Crippen molar-refractivity contribution < 1.29 is 4.79 Å². The van der Waals surface area contributed by atoms with Crippen LogP contribution in [-0.2, 0) is 0 Å². The molecule has 0 aliphatic carbocycles. The topological polar surface area (TPSA) is 61.6 Å². The summed E-state index contributed by atoms with van der Waals surface area (Å²) in [5.41, 5.74) is 0. The molecule has 1 aliphatic rings. The first-order chi connectivity index (χ1) is 7.09. The number of piperazine rings is 1. The molecule has 5 heteroatoms. The van der Waals surface area contributed by atoms with Gasteiger partial charge in [-0.25, -0.2) is 9.80 Å². The lowest BCUT2D eigenvalue weighted by Gasteiger charge is -2.32. The second-order valence-corrected chi connectivity index (χ2v) is 3.63. The van der Waals surface area contributed by atoms with Crippen LogP contribution >= 0.6 is 0 Å². The molecule has 0 aromatic heterocycles. The van der Waals surface area contributed by atoms with Crippen molar-refractivity contribution in [3.05, 3.63) is 0 Å². The van der Waals surface area contributed by atoms with E-state index in [-0.39, 0.29) is 12.1 Å². The quantitative estimate of drug-likeness (QED) is 0.632. The van der Waals surface area contributed by atoms with Crippen molar-refractivity contribution in [1.29, 1.82) is 0 Å². The molecule has 0 radical (unpaired) electrons. The van der Waals surface area contributed by atoms with Crippen LogP contribution < -0.4 is 11.2 Å². The maximum Gasteiger partial charge on any atom is 0.317 e. The highest BCUT2D eigenvalue weighted by Gasteiger charge is 2.19. The number of urea groups is 1. The second kappa shape index (κ2) is 7.48. The Hall–Kier alpha value is -0.810. The third-order valence-corrected chi connectivity index (χ3v) is 2.01. The van der Waals surface area contributed by atoms with Crippen molar-refractivity contribution in [2.75, 3.05) is 26.2 Å². The molecular weight excluding hydrogens is 192 g/mol. The van der Waals surface area contributed by atoms with E-state index >= 15 is 0 Å². The van der Waals surface area contributed by atoms with Crippen LogP contribution in [0.5, 0.6) is 0 Å². The lowest BCUT2D eigenvalue weighted by atomic mass is 10.3. The van der Waals surface area contributed by atoms with Crippen molar-refractivity contribution in [2.24, 2.45) is 5.84 Å². The SMILES string of the molecule is CC.CC(C)NC(=O)N1CCN(N)CC1. The van der Waals surface area contributed by atoms with Crippen molar-refractivity contribution in [1.82, 2.24) is 15.2 Å². The van der Waals surface area contributed by atoms with Gasteiger partial charge >= 0.3 is 6.03 Å². The minimum Gasteiger partial charge on any atom is -0.336 e. The summed E-state index contributed by atoms with van der Waals surface area (Å²) in [5.74, 6) is 5.57. The first-order valence-corrected chi connectivity index (χ1v) is 5.64. The van der Waals surface area contributed by atoms with E-state index in [1.54, 1.807) is 9.91 Å². The van der Waals surface area contributed by atoms with Crippen molar-refractivity contribution in [3.8, 4) is 0 Å². The molecule has 0 aromatic rings. The Kier molecular flexibility index (Phi) is 7.07. The third-order valence-electron chi connectivity index (χ3n) is 2.01. The monoisotopic (exact) mass is 216 g/mol. The maximum absolute atomic E-state index is 11.5. The maximum atomic E-state index is 11.5. The summed E-state index contributed by atoms with van der Waals surface area (Å²) < 4.78 is 0. The molecule has 1 aliphatic heterocycles. The highest BCUT2D eigenvalue weighted by atomic mass is 16.2. The minimum absolute atomic E-state index is 0.0168. The molecule has 1 fully saturated rings. The number of hydrogen-bond donors (Lipinski definition) is 2. The van der Waals surface area contributed by atoms with Crippen molar-refractivity contribution in [3.63, 3.8) is 0 Å². The minimum atomic E-state index is 0.0168. The zero-order valence-electron chi connectivity index (χ0n) is 10.3. The Morgan fingerprint density at radius 3 is 2.07 bits per heavy atom. The number of nitrogens with zero attached hydrogens (tertiary/aromatic N) is 2. The van der Waals surface area contributed by atoms with Crippen molar-refractivity contribution in [2.45, 2.75) is 33.7 Å². The summed E-state index contributed by atoms with van der Waals surface area (Å²) in [6, 6.07) is 0.214. The summed E-state index contributed by atoms with van der Waals surface area (Å²) in [7, 11) is 0. The lowest BCUT2D eigenvalue weighted by Crippen LogP contribution is -2.54. The normalized spacial score (nSPS) is 17.1. The zero-order valence-corrected chi connectivity index (χ0v) is 10.3. The first-order valence-electron chi connectivity index (χ1n) is 5.64. The zero-order chi connectivity index (χ0) is 11.8. The molecule has 1 heterocycles. The van der Waals surface area contributed by atoms with E-state index in [9.17, 15) is 4.79 Å². The standard InChI is InChI=1S/C8H18N4O.C2H6/c1-7(2)10-8(13)11-3-5-12(9)6-4-11;1-2/h7H,3-6,9H2,1-2H3,(H,10,13);1-2H3. The fourth-order valence-electron chi connectivity index (χ4n) is 1.26. The van der Waals surface area contributed by atoms with Crippen LogP contribution in [0.1, 0.15) is 27.7 Å². The Bertz CT molecular complexity index is 176. The van der Waals surface area contributed by atoms with Gasteiger partial charge in [0, 0.05) is 32.2 Å². The third kappa shape index (κ3) is 5.59. The number of nitrogens with one attached hydrogen (secondary N) is 1. The van der Waals surface area contributed by atoms with Gasteiger partial charge in [-0.3, -0.25) is 5.84 Å². The number of rotatable bonds is 1. The van der Waals surface area contributed by atoms with Gasteiger partial charge in [0.15, 0.2) is 0 Å². The number of hydrazine groups is 1. The molecule has 5 nitrogen and oxygen atoms in total. The van der Waals surface area contributed by atoms with E-state index in [2.05, 4.69) is 5.32 Å². The molecule has 2 amide bonds. The highest BCUT2D eigenvalue weighted by molar-refractivity contribution is 5.74. The van der Waals surface area contributed by atoms with E-state index in [1.165, 1.54) is 0 Å².